The highest BCUT2D eigenvalue weighted by Crippen LogP contribution is 2.21. The lowest BCUT2D eigenvalue weighted by Gasteiger charge is -2.04. The number of H-pyrrole nitrogens is 1. The molecule has 0 saturated carbocycles. The standard InChI is InChI=1S/C13H13N3O3S/c1-8-9(2)14-13(15-12(8)17)20-7-10-4-3-5-11(6-10)16(18)19/h3-6H,7H2,1-2H3,(H,14,15,17). The summed E-state index contributed by atoms with van der Waals surface area (Å²) in [5.74, 6) is 0.507. The molecule has 2 rings (SSSR count). The second-order valence-corrected chi connectivity index (χ2v) is 5.26. The topological polar surface area (TPSA) is 88.9 Å². The monoisotopic (exact) mass is 291 g/mol. The fraction of sp³-hybridized carbons (Fsp3) is 0.231. The summed E-state index contributed by atoms with van der Waals surface area (Å²) in [6, 6.07) is 6.42. The van der Waals surface area contributed by atoms with Crippen LogP contribution in [0.3, 0.4) is 0 Å². The summed E-state index contributed by atoms with van der Waals surface area (Å²) in [5.41, 5.74) is 2.01. The Balaban J connectivity index is 2.15. The summed E-state index contributed by atoms with van der Waals surface area (Å²) in [6.07, 6.45) is 0. The van der Waals surface area contributed by atoms with Crippen LogP contribution in [0.1, 0.15) is 16.8 Å². The zero-order valence-corrected chi connectivity index (χ0v) is 11.9. The van der Waals surface area contributed by atoms with E-state index in [0.717, 1.165) is 5.56 Å². The van der Waals surface area contributed by atoms with E-state index >= 15 is 0 Å². The van der Waals surface area contributed by atoms with Gasteiger partial charge < -0.3 is 4.98 Å². The predicted octanol–water partition coefficient (Wildman–Crippen LogP) is 2.59. The first-order chi connectivity index (χ1) is 9.47. The lowest BCUT2D eigenvalue weighted by molar-refractivity contribution is -0.384. The fourth-order valence-electron chi connectivity index (χ4n) is 1.60. The van der Waals surface area contributed by atoms with Gasteiger partial charge in [-0.05, 0) is 19.4 Å². The zero-order valence-electron chi connectivity index (χ0n) is 11.0. The Bertz CT molecular complexity index is 712. The molecule has 0 aliphatic carbocycles. The molecule has 0 bridgehead atoms. The molecule has 0 aliphatic rings. The lowest BCUT2D eigenvalue weighted by Crippen LogP contribution is -2.14. The van der Waals surface area contributed by atoms with Gasteiger partial charge in [-0.25, -0.2) is 4.98 Å². The fourth-order valence-corrected chi connectivity index (χ4v) is 2.45. The Morgan fingerprint density at radius 1 is 1.40 bits per heavy atom. The summed E-state index contributed by atoms with van der Waals surface area (Å²) in [4.78, 5) is 28.9. The average Bonchev–Trinajstić information content (AvgIpc) is 2.42. The van der Waals surface area contributed by atoms with E-state index in [4.69, 9.17) is 0 Å². The number of aromatic nitrogens is 2. The van der Waals surface area contributed by atoms with Crippen LogP contribution in [0.25, 0.3) is 0 Å². The molecule has 0 spiro atoms. The summed E-state index contributed by atoms with van der Waals surface area (Å²) in [7, 11) is 0. The van der Waals surface area contributed by atoms with E-state index in [0.29, 0.717) is 22.2 Å². The molecule has 0 fully saturated rings. The first-order valence-corrected chi connectivity index (χ1v) is 6.89. The van der Waals surface area contributed by atoms with Crippen molar-refractivity contribution in [3.63, 3.8) is 0 Å². The zero-order chi connectivity index (χ0) is 14.7. The number of aromatic amines is 1. The van der Waals surface area contributed by atoms with Gasteiger partial charge in [0.15, 0.2) is 5.16 Å². The van der Waals surface area contributed by atoms with Gasteiger partial charge in [-0.2, -0.15) is 0 Å². The van der Waals surface area contributed by atoms with Crippen molar-refractivity contribution in [1.82, 2.24) is 9.97 Å². The maximum absolute atomic E-state index is 11.6. The molecular formula is C13H13N3O3S. The molecule has 1 aromatic carbocycles. The number of rotatable bonds is 4. The third-order valence-electron chi connectivity index (χ3n) is 2.87. The molecule has 1 aromatic heterocycles. The van der Waals surface area contributed by atoms with Gasteiger partial charge >= 0.3 is 0 Å². The number of nitrogens with one attached hydrogen (secondary N) is 1. The van der Waals surface area contributed by atoms with Crippen molar-refractivity contribution < 1.29 is 4.92 Å². The minimum Gasteiger partial charge on any atom is -0.301 e. The van der Waals surface area contributed by atoms with E-state index in [9.17, 15) is 14.9 Å². The van der Waals surface area contributed by atoms with Gasteiger partial charge in [0.2, 0.25) is 0 Å². The molecule has 0 unspecified atom stereocenters. The van der Waals surface area contributed by atoms with Crippen LogP contribution in [0, 0.1) is 24.0 Å². The van der Waals surface area contributed by atoms with E-state index in [1.165, 1.54) is 23.9 Å². The Morgan fingerprint density at radius 2 is 2.15 bits per heavy atom. The number of hydrogen-bond acceptors (Lipinski definition) is 5. The summed E-state index contributed by atoms with van der Waals surface area (Å²) in [5, 5.41) is 11.2. The normalized spacial score (nSPS) is 10.5. The van der Waals surface area contributed by atoms with Crippen molar-refractivity contribution in [1.29, 1.82) is 0 Å². The second-order valence-electron chi connectivity index (χ2n) is 4.30. The third-order valence-corrected chi connectivity index (χ3v) is 3.81. The maximum Gasteiger partial charge on any atom is 0.269 e. The van der Waals surface area contributed by atoms with Gasteiger partial charge in [0.25, 0.3) is 11.2 Å². The summed E-state index contributed by atoms with van der Waals surface area (Å²) < 4.78 is 0. The molecule has 1 N–H and O–H groups in total. The van der Waals surface area contributed by atoms with Crippen molar-refractivity contribution >= 4 is 17.4 Å². The highest BCUT2D eigenvalue weighted by molar-refractivity contribution is 7.98. The molecule has 7 heteroatoms. The van der Waals surface area contributed by atoms with Crippen molar-refractivity contribution in [2.75, 3.05) is 0 Å². The highest BCUT2D eigenvalue weighted by atomic mass is 32.2. The van der Waals surface area contributed by atoms with Gasteiger partial charge in [0, 0.05) is 29.1 Å². The van der Waals surface area contributed by atoms with E-state index in [-0.39, 0.29) is 11.2 Å². The number of benzene rings is 1. The van der Waals surface area contributed by atoms with Crippen LogP contribution >= 0.6 is 11.8 Å². The smallest absolute Gasteiger partial charge is 0.269 e. The lowest BCUT2D eigenvalue weighted by atomic mass is 10.2. The van der Waals surface area contributed by atoms with E-state index in [1.807, 2.05) is 0 Å². The first-order valence-electron chi connectivity index (χ1n) is 5.91. The van der Waals surface area contributed by atoms with E-state index in [1.54, 1.807) is 26.0 Å². The van der Waals surface area contributed by atoms with Gasteiger partial charge in [-0.3, -0.25) is 14.9 Å². The molecular weight excluding hydrogens is 278 g/mol. The number of non-ortho nitro benzene ring substituents is 1. The van der Waals surface area contributed by atoms with Crippen LogP contribution in [-0.4, -0.2) is 14.9 Å². The molecule has 0 saturated heterocycles. The van der Waals surface area contributed by atoms with Crippen molar-refractivity contribution in [2.45, 2.75) is 24.8 Å². The maximum atomic E-state index is 11.6. The quantitative estimate of drug-likeness (QED) is 0.405. The SMILES string of the molecule is Cc1nc(SCc2cccc([N+](=O)[O-])c2)[nH]c(=O)c1C. The van der Waals surface area contributed by atoms with Gasteiger partial charge in [0.1, 0.15) is 0 Å². The molecule has 0 amide bonds. The van der Waals surface area contributed by atoms with Crippen molar-refractivity contribution in [3.05, 3.63) is 61.6 Å². The molecule has 6 nitrogen and oxygen atoms in total. The molecule has 0 atom stereocenters. The number of aryl methyl sites for hydroxylation is 1. The molecule has 0 aliphatic heterocycles. The van der Waals surface area contributed by atoms with E-state index < -0.39 is 4.92 Å². The Kier molecular flexibility index (Phi) is 4.19. The molecule has 20 heavy (non-hydrogen) atoms. The average molecular weight is 291 g/mol. The predicted molar refractivity (Wildman–Crippen MR) is 77.0 cm³/mol. The second kappa shape index (κ2) is 5.87. The molecule has 2 aromatic rings. The Hall–Kier alpha value is -2.15. The van der Waals surface area contributed by atoms with E-state index in [2.05, 4.69) is 9.97 Å². The summed E-state index contributed by atoms with van der Waals surface area (Å²) in [6.45, 7) is 3.50. The number of nitrogens with zero attached hydrogens (tertiary/aromatic N) is 2. The Morgan fingerprint density at radius 3 is 2.80 bits per heavy atom. The number of nitro benzene ring substituents is 1. The summed E-state index contributed by atoms with van der Waals surface area (Å²) >= 11 is 1.34. The van der Waals surface area contributed by atoms with Crippen molar-refractivity contribution in [3.8, 4) is 0 Å². The third kappa shape index (κ3) is 3.24. The Labute approximate surface area is 119 Å². The van der Waals surface area contributed by atoms with Crippen LogP contribution in [0.15, 0.2) is 34.2 Å². The molecule has 1 heterocycles. The van der Waals surface area contributed by atoms with Crippen LogP contribution < -0.4 is 5.56 Å². The van der Waals surface area contributed by atoms with Crippen LogP contribution in [0.4, 0.5) is 5.69 Å². The highest BCUT2D eigenvalue weighted by Gasteiger charge is 2.08. The van der Waals surface area contributed by atoms with Gasteiger partial charge in [-0.1, -0.05) is 23.9 Å². The largest absolute Gasteiger partial charge is 0.301 e. The van der Waals surface area contributed by atoms with Crippen LogP contribution in [0.5, 0.6) is 0 Å². The van der Waals surface area contributed by atoms with Gasteiger partial charge in [0.05, 0.1) is 4.92 Å². The van der Waals surface area contributed by atoms with Crippen molar-refractivity contribution in [2.24, 2.45) is 0 Å². The van der Waals surface area contributed by atoms with Crippen LogP contribution in [-0.2, 0) is 5.75 Å². The number of nitro groups is 1. The molecule has 104 valence electrons. The number of thioether (sulfide) groups is 1. The number of hydrogen-bond donors (Lipinski definition) is 1. The van der Waals surface area contributed by atoms with Crippen LogP contribution in [0.2, 0.25) is 0 Å². The van der Waals surface area contributed by atoms with Gasteiger partial charge in [-0.15, -0.1) is 0 Å². The minimum atomic E-state index is -0.426. The minimum absolute atomic E-state index is 0.0599. The molecule has 0 radical (unpaired) electrons. The first kappa shape index (κ1) is 14.3.